The van der Waals surface area contributed by atoms with Gasteiger partial charge in [-0.15, -0.1) is 0 Å². The van der Waals surface area contributed by atoms with Crippen LogP contribution >= 0.6 is 0 Å². The van der Waals surface area contributed by atoms with Crippen LogP contribution < -0.4 is 9.47 Å². The number of ether oxygens (including phenoxy) is 2. The quantitative estimate of drug-likeness (QED) is 0.869. The summed E-state index contributed by atoms with van der Waals surface area (Å²) in [7, 11) is 0. The van der Waals surface area contributed by atoms with Crippen LogP contribution in [0.4, 0.5) is 0 Å². The number of carboxylic acid groups (broad SMARTS) is 1. The van der Waals surface area contributed by atoms with E-state index in [-0.39, 0.29) is 24.8 Å². The first kappa shape index (κ1) is 14.6. The molecule has 3 heterocycles. The van der Waals surface area contributed by atoms with Gasteiger partial charge >= 0.3 is 5.97 Å². The Hall–Kier alpha value is -3.03. The molecule has 1 aromatic heterocycles. The smallest absolute Gasteiger partial charge is 0.356 e. The number of carboxylic acids is 1. The highest BCUT2D eigenvalue weighted by Crippen LogP contribution is 2.32. The molecule has 124 valence electrons. The number of carbonyl (C=O) groups is 2. The van der Waals surface area contributed by atoms with Gasteiger partial charge in [0, 0.05) is 12.1 Å². The molecule has 2 N–H and O–H groups in total. The third-order valence-corrected chi connectivity index (χ3v) is 4.28. The average Bonchev–Trinajstić information content (AvgIpc) is 3.20. The largest absolute Gasteiger partial charge is 0.476 e. The zero-order chi connectivity index (χ0) is 16.7. The van der Waals surface area contributed by atoms with Crippen LogP contribution in [0.1, 0.15) is 27.3 Å². The van der Waals surface area contributed by atoms with E-state index in [9.17, 15) is 9.59 Å². The van der Waals surface area contributed by atoms with Gasteiger partial charge in [0.2, 0.25) is 12.7 Å². The van der Waals surface area contributed by atoms with E-state index in [2.05, 4.69) is 10.2 Å². The van der Waals surface area contributed by atoms with E-state index in [1.54, 1.807) is 11.0 Å². The number of amides is 1. The molecular weight excluding hydrogens is 314 g/mol. The van der Waals surface area contributed by atoms with Crippen molar-refractivity contribution in [2.24, 2.45) is 0 Å². The number of hydrogen-bond acceptors (Lipinski definition) is 5. The van der Waals surface area contributed by atoms with Crippen molar-refractivity contribution in [3.05, 3.63) is 40.7 Å². The van der Waals surface area contributed by atoms with Gasteiger partial charge in [-0.2, -0.15) is 5.10 Å². The topological polar surface area (TPSA) is 105 Å². The van der Waals surface area contributed by atoms with Gasteiger partial charge < -0.3 is 19.5 Å². The summed E-state index contributed by atoms with van der Waals surface area (Å²) in [6.45, 7) is 1.03. The fraction of sp³-hybridized carbons (Fsp3) is 0.312. The molecule has 0 saturated heterocycles. The molecule has 8 heteroatoms. The van der Waals surface area contributed by atoms with E-state index in [1.165, 1.54) is 0 Å². The van der Waals surface area contributed by atoms with Crippen LogP contribution in [0.25, 0.3) is 0 Å². The van der Waals surface area contributed by atoms with Gasteiger partial charge in [0.05, 0.1) is 18.7 Å². The maximum atomic E-state index is 12.5. The van der Waals surface area contributed by atoms with E-state index >= 15 is 0 Å². The fourth-order valence-corrected chi connectivity index (χ4v) is 3.05. The number of fused-ring (bicyclic) bond motifs is 2. The summed E-state index contributed by atoms with van der Waals surface area (Å²) in [4.78, 5) is 25.3. The van der Waals surface area contributed by atoms with Crippen LogP contribution in [0.2, 0.25) is 0 Å². The Labute approximate surface area is 137 Å². The number of aromatic amines is 1. The molecule has 0 spiro atoms. The molecule has 4 rings (SSSR count). The molecular formula is C16H15N3O5. The van der Waals surface area contributed by atoms with Crippen molar-refractivity contribution >= 4 is 11.9 Å². The molecule has 2 aromatic rings. The summed E-state index contributed by atoms with van der Waals surface area (Å²) in [5.41, 5.74) is 2.28. The van der Waals surface area contributed by atoms with Gasteiger partial charge in [-0.1, -0.05) is 6.07 Å². The van der Waals surface area contributed by atoms with E-state index in [0.29, 0.717) is 42.3 Å². The first-order valence-corrected chi connectivity index (χ1v) is 7.57. The molecule has 1 aromatic carbocycles. The van der Waals surface area contributed by atoms with Crippen LogP contribution in [0.15, 0.2) is 18.2 Å². The Morgan fingerprint density at radius 3 is 2.96 bits per heavy atom. The van der Waals surface area contributed by atoms with Crippen LogP contribution in [0, 0.1) is 0 Å². The summed E-state index contributed by atoms with van der Waals surface area (Å²) in [5.74, 6) is 0.270. The molecule has 0 fully saturated rings. The SMILES string of the molecule is O=C(O)c1n[nH]c2c1CCN(C(=O)Cc1ccc3c(c1)OCO3)C2. The summed E-state index contributed by atoms with van der Waals surface area (Å²) < 4.78 is 10.6. The first-order chi connectivity index (χ1) is 11.6. The minimum Gasteiger partial charge on any atom is -0.476 e. The highest BCUT2D eigenvalue weighted by Gasteiger charge is 2.27. The lowest BCUT2D eigenvalue weighted by Crippen LogP contribution is -2.37. The molecule has 8 nitrogen and oxygen atoms in total. The van der Waals surface area contributed by atoms with Crippen LogP contribution in [0.3, 0.4) is 0 Å². The maximum Gasteiger partial charge on any atom is 0.356 e. The second-order valence-corrected chi connectivity index (χ2v) is 5.76. The lowest BCUT2D eigenvalue weighted by Gasteiger charge is -2.26. The van der Waals surface area contributed by atoms with Crippen molar-refractivity contribution in [2.75, 3.05) is 13.3 Å². The van der Waals surface area contributed by atoms with Gasteiger partial charge in [0.1, 0.15) is 0 Å². The summed E-state index contributed by atoms with van der Waals surface area (Å²) in [5, 5.41) is 15.6. The second kappa shape index (κ2) is 5.55. The number of aromatic nitrogens is 2. The molecule has 0 bridgehead atoms. The predicted molar refractivity (Wildman–Crippen MR) is 80.9 cm³/mol. The molecule has 0 atom stereocenters. The zero-order valence-corrected chi connectivity index (χ0v) is 12.7. The maximum absolute atomic E-state index is 12.5. The molecule has 0 saturated carbocycles. The van der Waals surface area contributed by atoms with E-state index in [0.717, 1.165) is 5.56 Å². The van der Waals surface area contributed by atoms with Gasteiger partial charge in [0.15, 0.2) is 17.2 Å². The monoisotopic (exact) mass is 329 g/mol. The number of benzene rings is 1. The van der Waals surface area contributed by atoms with Crippen LogP contribution in [-0.4, -0.2) is 45.4 Å². The Bertz CT molecular complexity index is 829. The molecule has 0 radical (unpaired) electrons. The summed E-state index contributed by atoms with van der Waals surface area (Å²) in [6.07, 6.45) is 0.742. The van der Waals surface area contributed by atoms with Crippen molar-refractivity contribution in [3.63, 3.8) is 0 Å². The minimum atomic E-state index is -1.05. The lowest BCUT2D eigenvalue weighted by atomic mass is 10.0. The molecule has 1 amide bonds. The summed E-state index contributed by atoms with van der Waals surface area (Å²) >= 11 is 0. The highest BCUT2D eigenvalue weighted by molar-refractivity contribution is 5.87. The zero-order valence-electron chi connectivity index (χ0n) is 12.7. The number of rotatable bonds is 3. The average molecular weight is 329 g/mol. The van der Waals surface area contributed by atoms with Crippen LogP contribution in [-0.2, 0) is 24.2 Å². The Balaban J connectivity index is 1.46. The van der Waals surface area contributed by atoms with E-state index in [1.807, 2.05) is 12.1 Å². The normalized spacial score (nSPS) is 15.2. The molecule has 0 unspecified atom stereocenters. The molecule has 0 aliphatic carbocycles. The van der Waals surface area contributed by atoms with Gasteiger partial charge in [-0.25, -0.2) is 4.79 Å². The third kappa shape index (κ3) is 2.45. The third-order valence-electron chi connectivity index (χ3n) is 4.28. The Kier molecular flexibility index (Phi) is 3.37. The predicted octanol–water partition coefficient (Wildman–Crippen LogP) is 0.964. The lowest BCUT2D eigenvalue weighted by molar-refractivity contribution is -0.131. The highest BCUT2D eigenvalue weighted by atomic mass is 16.7. The van der Waals surface area contributed by atoms with E-state index in [4.69, 9.17) is 14.6 Å². The number of carbonyl (C=O) groups excluding carboxylic acids is 1. The van der Waals surface area contributed by atoms with Gasteiger partial charge in [-0.3, -0.25) is 9.89 Å². The van der Waals surface area contributed by atoms with Gasteiger partial charge in [-0.05, 0) is 24.1 Å². The fourth-order valence-electron chi connectivity index (χ4n) is 3.05. The Morgan fingerprint density at radius 1 is 1.29 bits per heavy atom. The van der Waals surface area contributed by atoms with Gasteiger partial charge in [0.25, 0.3) is 0 Å². The summed E-state index contributed by atoms with van der Waals surface area (Å²) in [6, 6.07) is 5.46. The number of H-pyrrole nitrogens is 1. The van der Waals surface area contributed by atoms with Crippen molar-refractivity contribution in [2.45, 2.75) is 19.4 Å². The van der Waals surface area contributed by atoms with E-state index < -0.39 is 5.97 Å². The van der Waals surface area contributed by atoms with Crippen molar-refractivity contribution < 1.29 is 24.2 Å². The van der Waals surface area contributed by atoms with Crippen LogP contribution in [0.5, 0.6) is 11.5 Å². The molecule has 2 aliphatic heterocycles. The second-order valence-electron chi connectivity index (χ2n) is 5.76. The first-order valence-electron chi connectivity index (χ1n) is 7.57. The Morgan fingerprint density at radius 2 is 2.12 bits per heavy atom. The molecule has 2 aliphatic rings. The standard InChI is InChI=1S/C16H15N3O5/c20-14(6-9-1-2-12-13(5-9)24-8-23-12)19-4-3-10-11(7-19)17-18-15(10)16(21)22/h1-2,5H,3-4,6-8H2,(H,17,18)(H,21,22). The number of nitrogens with one attached hydrogen (secondary N) is 1. The number of aromatic carboxylic acids is 1. The molecule has 24 heavy (non-hydrogen) atoms. The van der Waals surface area contributed by atoms with Crippen molar-refractivity contribution in [3.8, 4) is 11.5 Å². The number of nitrogens with zero attached hydrogens (tertiary/aromatic N) is 2. The minimum absolute atomic E-state index is 0.0222. The van der Waals surface area contributed by atoms with Crippen molar-refractivity contribution in [1.82, 2.24) is 15.1 Å². The number of hydrogen-bond donors (Lipinski definition) is 2. The van der Waals surface area contributed by atoms with Crippen molar-refractivity contribution in [1.29, 1.82) is 0 Å².